The molecule has 1 aromatic heterocycles. The third-order valence-corrected chi connectivity index (χ3v) is 3.46. The summed E-state index contributed by atoms with van der Waals surface area (Å²) < 4.78 is 5.44. The number of rotatable bonds is 4. The lowest BCUT2D eigenvalue weighted by Gasteiger charge is -2.35. The van der Waals surface area contributed by atoms with Gasteiger partial charge in [-0.3, -0.25) is 0 Å². The molecule has 0 amide bonds. The highest BCUT2D eigenvalue weighted by Gasteiger charge is 2.22. The van der Waals surface area contributed by atoms with Crippen molar-refractivity contribution in [2.24, 2.45) is 0 Å². The van der Waals surface area contributed by atoms with Gasteiger partial charge in [0.2, 0.25) is 5.88 Å². The molecule has 0 saturated carbocycles. The zero-order valence-electron chi connectivity index (χ0n) is 10.2. The van der Waals surface area contributed by atoms with Crippen LogP contribution in [0.15, 0.2) is 18.2 Å². The first-order valence-electron chi connectivity index (χ1n) is 6.27. The predicted molar refractivity (Wildman–Crippen MR) is 71.1 cm³/mol. The van der Waals surface area contributed by atoms with Crippen LogP contribution in [-0.4, -0.2) is 30.1 Å². The van der Waals surface area contributed by atoms with Gasteiger partial charge in [0.25, 0.3) is 0 Å². The molecule has 94 valence electrons. The standard InChI is InChI=1S/C13H19ClN2O/c1-2-17-13-8-5-7-12(15-13)16-9-4-3-6-11(16)10-14/h5,7-8,11H,2-4,6,9-10H2,1H3. The van der Waals surface area contributed by atoms with Crippen molar-refractivity contribution in [2.45, 2.75) is 32.2 Å². The number of hydrogen-bond acceptors (Lipinski definition) is 3. The van der Waals surface area contributed by atoms with Crippen molar-refractivity contribution in [1.29, 1.82) is 0 Å². The van der Waals surface area contributed by atoms with Gasteiger partial charge in [0.05, 0.1) is 6.61 Å². The third-order valence-electron chi connectivity index (χ3n) is 3.10. The summed E-state index contributed by atoms with van der Waals surface area (Å²) in [4.78, 5) is 6.83. The Hall–Kier alpha value is -0.960. The maximum atomic E-state index is 6.03. The fourth-order valence-corrected chi connectivity index (χ4v) is 2.58. The van der Waals surface area contributed by atoms with E-state index < -0.39 is 0 Å². The Morgan fingerprint density at radius 3 is 3.12 bits per heavy atom. The van der Waals surface area contributed by atoms with Crippen LogP contribution >= 0.6 is 11.6 Å². The molecule has 1 fully saturated rings. The van der Waals surface area contributed by atoms with E-state index in [-0.39, 0.29) is 0 Å². The largest absolute Gasteiger partial charge is 0.478 e. The van der Waals surface area contributed by atoms with Crippen LogP contribution in [0.5, 0.6) is 5.88 Å². The lowest BCUT2D eigenvalue weighted by atomic mass is 10.0. The molecular formula is C13H19ClN2O. The zero-order chi connectivity index (χ0) is 12.1. The summed E-state index contributed by atoms with van der Waals surface area (Å²) in [6.45, 7) is 3.66. The molecule has 0 bridgehead atoms. The summed E-state index contributed by atoms with van der Waals surface area (Å²) in [5.74, 6) is 2.35. The first-order valence-corrected chi connectivity index (χ1v) is 6.81. The predicted octanol–water partition coefficient (Wildman–Crippen LogP) is 3.08. The van der Waals surface area contributed by atoms with E-state index in [4.69, 9.17) is 16.3 Å². The van der Waals surface area contributed by atoms with Crippen LogP contribution in [-0.2, 0) is 0 Å². The number of anilines is 1. The van der Waals surface area contributed by atoms with Gasteiger partial charge in [0.15, 0.2) is 0 Å². The molecule has 2 heterocycles. The maximum absolute atomic E-state index is 6.03. The second kappa shape index (κ2) is 6.10. The van der Waals surface area contributed by atoms with Crippen molar-refractivity contribution in [3.8, 4) is 5.88 Å². The van der Waals surface area contributed by atoms with Gasteiger partial charge >= 0.3 is 0 Å². The molecule has 17 heavy (non-hydrogen) atoms. The van der Waals surface area contributed by atoms with Crippen LogP contribution < -0.4 is 9.64 Å². The molecule has 1 saturated heterocycles. The van der Waals surface area contributed by atoms with Crippen molar-refractivity contribution < 1.29 is 4.74 Å². The average molecular weight is 255 g/mol. The highest BCUT2D eigenvalue weighted by Crippen LogP contribution is 2.25. The molecule has 0 aromatic carbocycles. The normalized spacial score (nSPS) is 20.4. The number of nitrogens with zero attached hydrogens (tertiary/aromatic N) is 2. The van der Waals surface area contributed by atoms with Gasteiger partial charge in [-0.25, -0.2) is 0 Å². The number of pyridine rings is 1. The highest BCUT2D eigenvalue weighted by atomic mass is 35.5. The fraction of sp³-hybridized carbons (Fsp3) is 0.615. The molecule has 0 N–H and O–H groups in total. The van der Waals surface area contributed by atoms with Gasteiger partial charge in [0.1, 0.15) is 5.82 Å². The van der Waals surface area contributed by atoms with Crippen LogP contribution in [0, 0.1) is 0 Å². The third kappa shape index (κ3) is 3.03. The van der Waals surface area contributed by atoms with Crippen LogP contribution in [0.1, 0.15) is 26.2 Å². The van der Waals surface area contributed by atoms with E-state index in [0.717, 1.165) is 18.8 Å². The van der Waals surface area contributed by atoms with E-state index >= 15 is 0 Å². The first-order chi connectivity index (χ1) is 8.35. The van der Waals surface area contributed by atoms with Crippen LogP contribution in [0.4, 0.5) is 5.82 Å². The number of alkyl halides is 1. The number of piperidine rings is 1. The molecule has 1 atom stereocenters. The van der Waals surface area contributed by atoms with Gasteiger partial charge in [0, 0.05) is 24.5 Å². The Morgan fingerprint density at radius 1 is 1.47 bits per heavy atom. The monoisotopic (exact) mass is 254 g/mol. The number of ether oxygens (including phenoxy) is 1. The molecule has 1 aliphatic rings. The summed E-state index contributed by atoms with van der Waals surface area (Å²) in [5.41, 5.74) is 0. The second-order valence-electron chi connectivity index (χ2n) is 4.26. The van der Waals surface area contributed by atoms with Crippen molar-refractivity contribution in [3.05, 3.63) is 18.2 Å². The Morgan fingerprint density at radius 2 is 2.35 bits per heavy atom. The van der Waals surface area contributed by atoms with Gasteiger partial charge in [-0.15, -0.1) is 11.6 Å². The molecule has 1 aliphatic heterocycles. The minimum Gasteiger partial charge on any atom is -0.478 e. The molecule has 1 aromatic rings. The molecule has 0 radical (unpaired) electrons. The Kier molecular flexibility index (Phi) is 4.49. The summed E-state index contributed by atoms with van der Waals surface area (Å²) in [5, 5.41) is 0. The summed E-state index contributed by atoms with van der Waals surface area (Å²) in [6.07, 6.45) is 3.64. The van der Waals surface area contributed by atoms with Gasteiger partial charge in [-0.1, -0.05) is 6.07 Å². The SMILES string of the molecule is CCOc1cccc(N2CCCCC2CCl)n1. The smallest absolute Gasteiger partial charge is 0.215 e. The van der Waals surface area contributed by atoms with Gasteiger partial charge in [-0.05, 0) is 32.3 Å². The molecule has 4 heteroatoms. The van der Waals surface area contributed by atoms with Crippen molar-refractivity contribution in [2.75, 3.05) is 23.9 Å². The Labute approximate surface area is 108 Å². The van der Waals surface area contributed by atoms with Crippen LogP contribution in [0.25, 0.3) is 0 Å². The molecule has 3 nitrogen and oxygen atoms in total. The molecule has 0 spiro atoms. The number of aromatic nitrogens is 1. The van der Waals surface area contributed by atoms with Gasteiger partial charge in [-0.2, -0.15) is 4.98 Å². The maximum Gasteiger partial charge on any atom is 0.215 e. The lowest BCUT2D eigenvalue weighted by Crippen LogP contribution is -2.41. The summed E-state index contributed by atoms with van der Waals surface area (Å²) in [7, 11) is 0. The van der Waals surface area contributed by atoms with E-state index in [1.165, 1.54) is 12.8 Å². The van der Waals surface area contributed by atoms with Crippen molar-refractivity contribution >= 4 is 17.4 Å². The van der Waals surface area contributed by atoms with E-state index in [9.17, 15) is 0 Å². The highest BCUT2D eigenvalue weighted by molar-refractivity contribution is 6.18. The van der Waals surface area contributed by atoms with E-state index in [0.29, 0.717) is 24.4 Å². The Balaban J connectivity index is 2.16. The van der Waals surface area contributed by atoms with Crippen molar-refractivity contribution in [1.82, 2.24) is 4.98 Å². The fourth-order valence-electron chi connectivity index (χ4n) is 2.25. The number of hydrogen-bond donors (Lipinski definition) is 0. The molecular weight excluding hydrogens is 236 g/mol. The van der Waals surface area contributed by atoms with Crippen molar-refractivity contribution in [3.63, 3.8) is 0 Å². The van der Waals surface area contributed by atoms with Crippen LogP contribution in [0.3, 0.4) is 0 Å². The van der Waals surface area contributed by atoms with E-state index in [1.807, 2.05) is 25.1 Å². The minimum atomic E-state index is 0.412. The van der Waals surface area contributed by atoms with Gasteiger partial charge < -0.3 is 9.64 Å². The summed E-state index contributed by atoms with van der Waals surface area (Å²) >= 11 is 6.03. The first kappa shape index (κ1) is 12.5. The number of halogens is 1. The minimum absolute atomic E-state index is 0.412. The second-order valence-corrected chi connectivity index (χ2v) is 4.57. The lowest BCUT2D eigenvalue weighted by molar-refractivity contribution is 0.326. The van der Waals surface area contributed by atoms with E-state index in [2.05, 4.69) is 9.88 Å². The quantitative estimate of drug-likeness (QED) is 0.773. The average Bonchev–Trinajstić information content (AvgIpc) is 2.39. The van der Waals surface area contributed by atoms with E-state index in [1.54, 1.807) is 0 Å². The topological polar surface area (TPSA) is 25.4 Å². The van der Waals surface area contributed by atoms with Crippen LogP contribution in [0.2, 0.25) is 0 Å². The Bertz CT molecular complexity index is 359. The molecule has 1 unspecified atom stereocenters. The summed E-state index contributed by atoms with van der Waals surface area (Å²) in [6, 6.07) is 6.34. The molecule has 0 aliphatic carbocycles. The molecule has 2 rings (SSSR count). The zero-order valence-corrected chi connectivity index (χ0v) is 11.0.